The summed E-state index contributed by atoms with van der Waals surface area (Å²) < 4.78 is 37.2. The number of hydrogen-bond acceptors (Lipinski definition) is 1. The molecular weight excluding hydrogens is 167 g/mol. The Balaban J connectivity index is 2.60. The van der Waals surface area contributed by atoms with Crippen LogP contribution in [0.3, 0.4) is 0 Å². The molecule has 0 aromatic heterocycles. The summed E-state index contributed by atoms with van der Waals surface area (Å²) in [6.45, 7) is -3.01. The first kappa shape index (κ1) is 9.84. The molecule has 72 valence electrons. The fraction of sp³-hybridized carbons (Fsp3) is 1.00. The number of halogens is 3. The van der Waals surface area contributed by atoms with Gasteiger partial charge in [0.1, 0.15) is 20.0 Å². The van der Waals surface area contributed by atoms with E-state index < -0.39 is 31.5 Å². The molecule has 1 aliphatic carbocycles. The second-order valence-corrected chi connectivity index (χ2v) is 3.63. The Bertz CT molecular complexity index is 135. The third-order valence-corrected chi connectivity index (χ3v) is 2.64. The maximum atomic E-state index is 12.4. The summed E-state index contributed by atoms with van der Waals surface area (Å²) >= 11 is 0. The van der Waals surface area contributed by atoms with Crippen molar-refractivity contribution < 1.29 is 13.2 Å². The molecule has 1 saturated carbocycles. The van der Waals surface area contributed by atoms with Crippen LogP contribution in [-0.4, -0.2) is 26.1 Å². The van der Waals surface area contributed by atoms with E-state index in [0.29, 0.717) is 0 Å². The van der Waals surface area contributed by atoms with Crippen LogP contribution in [0.1, 0.15) is 12.8 Å². The highest BCUT2D eigenvalue weighted by Gasteiger charge is 2.45. The van der Waals surface area contributed by atoms with Crippen LogP contribution >= 0.6 is 0 Å². The standard InChI is InChI=1S/C8H14F3N/c9-3-8(4-10,5-11)7(12)6-1-2-6/h6-7H,1-5,12H2/t7-/m0/s1. The van der Waals surface area contributed by atoms with Crippen LogP contribution < -0.4 is 5.73 Å². The largest absolute Gasteiger partial charge is 0.327 e. The van der Waals surface area contributed by atoms with Gasteiger partial charge in [0, 0.05) is 6.04 Å². The first-order valence-corrected chi connectivity index (χ1v) is 4.13. The smallest absolute Gasteiger partial charge is 0.102 e. The van der Waals surface area contributed by atoms with Crippen molar-refractivity contribution in [3.05, 3.63) is 0 Å². The molecule has 0 heterocycles. The Morgan fingerprint density at radius 2 is 1.58 bits per heavy atom. The molecule has 1 nitrogen and oxygen atoms in total. The van der Waals surface area contributed by atoms with E-state index in [2.05, 4.69) is 0 Å². The first-order valence-electron chi connectivity index (χ1n) is 4.13. The van der Waals surface area contributed by atoms with Crippen LogP contribution in [0.2, 0.25) is 0 Å². The summed E-state index contributed by atoms with van der Waals surface area (Å²) in [5.74, 6) is 0.132. The van der Waals surface area contributed by atoms with Crippen LogP contribution in [0.15, 0.2) is 0 Å². The molecule has 12 heavy (non-hydrogen) atoms. The van der Waals surface area contributed by atoms with Gasteiger partial charge in [-0.15, -0.1) is 0 Å². The molecule has 0 aromatic carbocycles. The molecule has 0 unspecified atom stereocenters. The fourth-order valence-electron chi connectivity index (χ4n) is 1.33. The van der Waals surface area contributed by atoms with Gasteiger partial charge in [-0.05, 0) is 18.8 Å². The zero-order chi connectivity index (χ0) is 9.19. The Morgan fingerprint density at radius 1 is 1.17 bits per heavy atom. The van der Waals surface area contributed by atoms with Crippen LogP contribution in [0.4, 0.5) is 13.2 Å². The summed E-state index contributed by atoms with van der Waals surface area (Å²) in [6.07, 6.45) is 1.76. The van der Waals surface area contributed by atoms with Gasteiger partial charge in [0.15, 0.2) is 0 Å². The monoisotopic (exact) mass is 181 g/mol. The average molecular weight is 181 g/mol. The van der Waals surface area contributed by atoms with Crippen molar-refractivity contribution in [3.8, 4) is 0 Å². The molecule has 4 heteroatoms. The van der Waals surface area contributed by atoms with E-state index in [9.17, 15) is 13.2 Å². The van der Waals surface area contributed by atoms with Gasteiger partial charge in [0.25, 0.3) is 0 Å². The topological polar surface area (TPSA) is 26.0 Å². The van der Waals surface area contributed by atoms with Crippen molar-refractivity contribution in [2.45, 2.75) is 18.9 Å². The van der Waals surface area contributed by atoms with Gasteiger partial charge in [-0.25, -0.2) is 0 Å². The molecule has 0 saturated heterocycles. The zero-order valence-electron chi connectivity index (χ0n) is 6.90. The molecule has 1 fully saturated rings. The summed E-state index contributed by atoms with van der Waals surface area (Å²) in [5.41, 5.74) is 4.02. The van der Waals surface area contributed by atoms with E-state index in [0.717, 1.165) is 12.8 Å². The predicted octanol–water partition coefficient (Wildman–Crippen LogP) is 1.62. The summed E-state index contributed by atoms with van der Waals surface area (Å²) in [5, 5.41) is 0. The van der Waals surface area contributed by atoms with Crippen molar-refractivity contribution in [2.75, 3.05) is 20.0 Å². The van der Waals surface area contributed by atoms with Crippen LogP contribution in [0.5, 0.6) is 0 Å². The molecule has 0 radical (unpaired) electrons. The second kappa shape index (κ2) is 3.64. The van der Waals surface area contributed by atoms with Crippen LogP contribution in [0, 0.1) is 11.3 Å². The SMILES string of the molecule is N[C@@H](C1CC1)C(CF)(CF)CF. The molecule has 0 amide bonds. The van der Waals surface area contributed by atoms with Crippen LogP contribution in [-0.2, 0) is 0 Å². The normalized spacial score (nSPS) is 21.0. The fourth-order valence-corrected chi connectivity index (χ4v) is 1.33. The zero-order valence-corrected chi connectivity index (χ0v) is 6.90. The molecule has 0 aliphatic heterocycles. The molecular formula is C8H14F3N. The van der Waals surface area contributed by atoms with E-state index in [1.807, 2.05) is 0 Å². The Morgan fingerprint density at radius 3 is 1.83 bits per heavy atom. The van der Waals surface area contributed by atoms with Gasteiger partial charge in [-0.2, -0.15) is 0 Å². The molecule has 0 spiro atoms. The maximum Gasteiger partial charge on any atom is 0.102 e. The summed E-state index contributed by atoms with van der Waals surface area (Å²) in [7, 11) is 0. The second-order valence-electron chi connectivity index (χ2n) is 3.63. The number of alkyl halides is 3. The lowest BCUT2D eigenvalue weighted by atomic mass is 9.82. The average Bonchev–Trinajstić information content (AvgIpc) is 2.91. The van der Waals surface area contributed by atoms with E-state index in [4.69, 9.17) is 5.73 Å². The first-order chi connectivity index (χ1) is 5.70. The van der Waals surface area contributed by atoms with Gasteiger partial charge in [0.05, 0.1) is 5.41 Å². The molecule has 1 aliphatic rings. The van der Waals surface area contributed by atoms with E-state index in [1.165, 1.54) is 0 Å². The predicted molar refractivity (Wildman–Crippen MR) is 41.1 cm³/mol. The quantitative estimate of drug-likeness (QED) is 0.685. The van der Waals surface area contributed by atoms with Crippen molar-refractivity contribution in [3.63, 3.8) is 0 Å². The van der Waals surface area contributed by atoms with Crippen molar-refractivity contribution in [1.82, 2.24) is 0 Å². The molecule has 1 rings (SSSR count). The minimum atomic E-state index is -1.55. The molecule has 0 bridgehead atoms. The van der Waals surface area contributed by atoms with Crippen molar-refractivity contribution in [1.29, 1.82) is 0 Å². The number of nitrogens with two attached hydrogens (primary N) is 1. The molecule has 1 atom stereocenters. The molecule has 2 N–H and O–H groups in total. The maximum absolute atomic E-state index is 12.4. The lowest BCUT2D eigenvalue weighted by Gasteiger charge is -2.31. The van der Waals surface area contributed by atoms with Gasteiger partial charge in [-0.3, -0.25) is 13.2 Å². The highest BCUT2D eigenvalue weighted by atomic mass is 19.1. The van der Waals surface area contributed by atoms with Gasteiger partial charge in [-0.1, -0.05) is 0 Å². The number of hydrogen-bond donors (Lipinski definition) is 1. The van der Waals surface area contributed by atoms with Gasteiger partial charge >= 0.3 is 0 Å². The highest BCUT2D eigenvalue weighted by Crippen LogP contribution is 2.40. The van der Waals surface area contributed by atoms with Gasteiger partial charge < -0.3 is 5.73 Å². The lowest BCUT2D eigenvalue weighted by Crippen LogP contribution is -2.48. The number of rotatable bonds is 5. The minimum absolute atomic E-state index is 0.132. The Labute approximate surface area is 70.1 Å². The van der Waals surface area contributed by atoms with Gasteiger partial charge in [0.2, 0.25) is 0 Å². The minimum Gasteiger partial charge on any atom is -0.327 e. The third kappa shape index (κ3) is 1.58. The van der Waals surface area contributed by atoms with E-state index in [-0.39, 0.29) is 5.92 Å². The summed E-state index contributed by atoms with van der Waals surface area (Å²) in [6, 6.07) is -0.655. The Hall–Kier alpha value is -0.250. The Kier molecular flexibility index (Phi) is 2.99. The van der Waals surface area contributed by atoms with Crippen LogP contribution in [0.25, 0.3) is 0 Å². The third-order valence-electron chi connectivity index (χ3n) is 2.64. The van der Waals surface area contributed by atoms with E-state index in [1.54, 1.807) is 0 Å². The highest BCUT2D eigenvalue weighted by molar-refractivity contribution is 4.97. The summed E-state index contributed by atoms with van der Waals surface area (Å²) in [4.78, 5) is 0. The van der Waals surface area contributed by atoms with E-state index >= 15 is 0 Å². The lowest BCUT2D eigenvalue weighted by molar-refractivity contribution is 0.0741. The van der Waals surface area contributed by atoms with Crippen molar-refractivity contribution in [2.24, 2.45) is 17.1 Å². The molecule has 0 aromatic rings. The van der Waals surface area contributed by atoms with Crippen molar-refractivity contribution >= 4 is 0 Å².